The van der Waals surface area contributed by atoms with E-state index in [1.807, 2.05) is 6.08 Å². The first-order chi connectivity index (χ1) is 34.6. The molecule has 0 saturated carbocycles. The van der Waals surface area contributed by atoms with Crippen LogP contribution in [0.4, 0.5) is 0 Å². The average Bonchev–Trinajstić information content (AvgIpc) is 3.36. The summed E-state index contributed by atoms with van der Waals surface area (Å²) in [5.41, 5.74) is 0. The molecule has 0 N–H and O–H groups in total. The highest BCUT2D eigenvalue weighted by molar-refractivity contribution is 5.70. The number of hydrogen-bond donors (Lipinski definition) is 0. The molecule has 5 nitrogen and oxygen atoms in total. The van der Waals surface area contributed by atoms with Gasteiger partial charge < -0.3 is 14.2 Å². The molecule has 0 aliphatic heterocycles. The molecule has 0 spiro atoms. The van der Waals surface area contributed by atoms with Crippen LogP contribution in [-0.4, -0.2) is 37.9 Å². The van der Waals surface area contributed by atoms with Crippen LogP contribution in [0.25, 0.3) is 0 Å². The van der Waals surface area contributed by atoms with Crippen LogP contribution >= 0.6 is 0 Å². The summed E-state index contributed by atoms with van der Waals surface area (Å²) in [5.74, 6) is -0.484. The van der Waals surface area contributed by atoms with Crippen molar-refractivity contribution in [1.29, 1.82) is 0 Å². The number of allylic oxidation sites excluding steroid dienone is 14. The molecule has 0 aliphatic rings. The summed E-state index contributed by atoms with van der Waals surface area (Å²) in [7, 11) is 0. The lowest BCUT2D eigenvalue weighted by Crippen LogP contribution is -2.30. The lowest BCUT2D eigenvalue weighted by atomic mass is 10.0. The van der Waals surface area contributed by atoms with E-state index in [0.29, 0.717) is 25.9 Å². The van der Waals surface area contributed by atoms with Gasteiger partial charge in [0.2, 0.25) is 0 Å². The SMILES string of the molecule is CC/C=C\C/C=C\C/C=C\C/C=C\C/C=C\C/C=C\CCC(=O)OCC(COCCCCCCCCCCCC/C=C\CCCCCCCC)OC(=O)CCCCCCCCCCCCCCCCC. The quantitative estimate of drug-likeness (QED) is 0.0345. The highest BCUT2D eigenvalue weighted by Gasteiger charge is 2.17. The highest BCUT2D eigenvalue weighted by Crippen LogP contribution is 2.16. The topological polar surface area (TPSA) is 61.8 Å². The van der Waals surface area contributed by atoms with Crippen LogP contribution in [0.5, 0.6) is 0 Å². The second-order valence-electron chi connectivity index (χ2n) is 19.9. The van der Waals surface area contributed by atoms with Crippen LogP contribution in [0, 0.1) is 0 Å². The van der Waals surface area contributed by atoms with Gasteiger partial charge in [0, 0.05) is 19.4 Å². The zero-order valence-corrected chi connectivity index (χ0v) is 46.5. The van der Waals surface area contributed by atoms with Crippen LogP contribution in [0.2, 0.25) is 0 Å². The molecule has 0 saturated heterocycles. The summed E-state index contributed by atoms with van der Waals surface area (Å²) in [6.45, 7) is 7.67. The summed E-state index contributed by atoms with van der Waals surface area (Å²) in [4.78, 5) is 25.5. The molecule has 0 aromatic rings. The molecule has 0 radical (unpaired) electrons. The first kappa shape index (κ1) is 67.1. The van der Waals surface area contributed by atoms with E-state index >= 15 is 0 Å². The van der Waals surface area contributed by atoms with Crippen molar-refractivity contribution in [2.45, 2.75) is 297 Å². The second-order valence-corrected chi connectivity index (χ2v) is 19.9. The first-order valence-corrected chi connectivity index (χ1v) is 30.1. The largest absolute Gasteiger partial charge is 0.462 e. The van der Waals surface area contributed by atoms with Crippen molar-refractivity contribution >= 4 is 11.9 Å². The monoisotopic (exact) mass is 975 g/mol. The number of carbonyl (C=O) groups is 2. The summed E-state index contributed by atoms with van der Waals surface area (Å²) in [5, 5.41) is 0. The van der Waals surface area contributed by atoms with Gasteiger partial charge in [0.15, 0.2) is 6.10 Å². The Morgan fingerprint density at radius 1 is 0.329 bits per heavy atom. The van der Waals surface area contributed by atoms with Crippen molar-refractivity contribution < 1.29 is 23.8 Å². The van der Waals surface area contributed by atoms with Crippen LogP contribution < -0.4 is 0 Å². The van der Waals surface area contributed by atoms with Crippen LogP contribution in [0.15, 0.2) is 85.1 Å². The summed E-state index contributed by atoms with van der Waals surface area (Å²) in [6.07, 6.45) is 80.5. The maximum absolute atomic E-state index is 12.9. The van der Waals surface area contributed by atoms with Gasteiger partial charge in [-0.25, -0.2) is 0 Å². The molecule has 70 heavy (non-hydrogen) atoms. The third-order valence-electron chi connectivity index (χ3n) is 12.9. The molecular formula is C65H114O5. The van der Waals surface area contributed by atoms with Crippen molar-refractivity contribution in [1.82, 2.24) is 0 Å². The van der Waals surface area contributed by atoms with Crippen molar-refractivity contribution in [3.05, 3.63) is 85.1 Å². The lowest BCUT2D eigenvalue weighted by molar-refractivity contribution is -0.162. The van der Waals surface area contributed by atoms with E-state index in [1.165, 1.54) is 186 Å². The minimum Gasteiger partial charge on any atom is -0.462 e. The minimum absolute atomic E-state index is 0.0448. The van der Waals surface area contributed by atoms with Gasteiger partial charge in [-0.15, -0.1) is 0 Å². The Balaban J connectivity index is 4.35. The number of ether oxygens (including phenoxy) is 3. The van der Waals surface area contributed by atoms with Gasteiger partial charge in [-0.3, -0.25) is 9.59 Å². The van der Waals surface area contributed by atoms with E-state index in [2.05, 4.69) is 99.8 Å². The fourth-order valence-corrected chi connectivity index (χ4v) is 8.47. The maximum atomic E-state index is 12.9. The average molecular weight is 976 g/mol. The molecule has 0 aromatic carbocycles. The molecule has 404 valence electrons. The van der Waals surface area contributed by atoms with E-state index in [0.717, 1.165) is 64.2 Å². The molecule has 0 heterocycles. The van der Waals surface area contributed by atoms with Gasteiger partial charge in [-0.05, 0) is 83.5 Å². The fraction of sp³-hybridized carbons (Fsp3) is 0.754. The van der Waals surface area contributed by atoms with Crippen molar-refractivity contribution in [3.8, 4) is 0 Å². The predicted molar refractivity (Wildman–Crippen MR) is 307 cm³/mol. The van der Waals surface area contributed by atoms with Crippen molar-refractivity contribution in [2.75, 3.05) is 19.8 Å². The van der Waals surface area contributed by atoms with Crippen LogP contribution in [0.1, 0.15) is 290 Å². The van der Waals surface area contributed by atoms with Gasteiger partial charge in [-0.1, -0.05) is 279 Å². The van der Waals surface area contributed by atoms with Gasteiger partial charge >= 0.3 is 11.9 Å². The Morgan fingerprint density at radius 2 is 0.671 bits per heavy atom. The second kappa shape index (κ2) is 60.4. The van der Waals surface area contributed by atoms with Crippen molar-refractivity contribution in [3.63, 3.8) is 0 Å². The molecule has 1 atom stereocenters. The number of hydrogen-bond acceptors (Lipinski definition) is 5. The summed E-state index contributed by atoms with van der Waals surface area (Å²) >= 11 is 0. The zero-order chi connectivity index (χ0) is 50.6. The molecule has 0 amide bonds. The van der Waals surface area contributed by atoms with E-state index < -0.39 is 6.10 Å². The van der Waals surface area contributed by atoms with Gasteiger partial charge in [0.25, 0.3) is 0 Å². The van der Waals surface area contributed by atoms with E-state index in [4.69, 9.17) is 14.2 Å². The van der Waals surface area contributed by atoms with E-state index in [9.17, 15) is 9.59 Å². The minimum atomic E-state index is -0.570. The standard InChI is InChI=1S/C65H114O5/c1-4-7-10-13-16-19-22-25-28-30-32-34-36-39-42-45-48-51-54-57-60-68-61-63(70-65(67)59-56-53-50-47-44-41-37-27-24-21-18-15-12-9-6-3)62-69-64(66)58-55-52-49-46-43-40-38-35-33-31-29-26-23-20-17-14-11-8-5-2/h8,11,17,20,25-26,28-29,33,35,40,43,49,52,63H,4-7,9-10,12-16,18-19,21-24,27,30-32,34,36-39,41-42,44-48,50-51,53-62H2,1-3H3/b11-8-,20-17-,28-25-,29-26-,35-33-,43-40-,52-49-. The maximum Gasteiger partial charge on any atom is 0.306 e. The molecule has 1 unspecified atom stereocenters. The summed E-state index contributed by atoms with van der Waals surface area (Å²) in [6, 6.07) is 0. The zero-order valence-electron chi connectivity index (χ0n) is 46.5. The molecule has 0 aromatic heterocycles. The van der Waals surface area contributed by atoms with Gasteiger partial charge in [-0.2, -0.15) is 0 Å². The van der Waals surface area contributed by atoms with Crippen molar-refractivity contribution in [2.24, 2.45) is 0 Å². The Bertz CT molecular complexity index is 1290. The number of carbonyl (C=O) groups excluding carboxylic acids is 2. The molecule has 0 fully saturated rings. The summed E-state index contributed by atoms with van der Waals surface area (Å²) < 4.78 is 17.4. The number of unbranched alkanes of at least 4 members (excludes halogenated alkanes) is 30. The molecule has 0 rings (SSSR count). The number of esters is 2. The highest BCUT2D eigenvalue weighted by atomic mass is 16.6. The van der Waals surface area contributed by atoms with Gasteiger partial charge in [0.1, 0.15) is 6.61 Å². The third-order valence-corrected chi connectivity index (χ3v) is 12.9. The van der Waals surface area contributed by atoms with Crippen LogP contribution in [-0.2, 0) is 23.8 Å². The van der Waals surface area contributed by atoms with Crippen LogP contribution in [0.3, 0.4) is 0 Å². The normalized spacial score (nSPS) is 12.8. The predicted octanol–water partition coefficient (Wildman–Crippen LogP) is 20.8. The van der Waals surface area contributed by atoms with E-state index in [1.54, 1.807) is 0 Å². The Kier molecular flexibility index (Phi) is 57.9. The third kappa shape index (κ3) is 57.7. The first-order valence-electron chi connectivity index (χ1n) is 30.1. The van der Waals surface area contributed by atoms with E-state index in [-0.39, 0.29) is 25.2 Å². The number of rotatable bonds is 55. The fourth-order valence-electron chi connectivity index (χ4n) is 8.47. The molecule has 5 heteroatoms. The Labute approximate surface area is 435 Å². The Morgan fingerprint density at radius 3 is 1.09 bits per heavy atom. The van der Waals surface area contributed by atoms with Gasteiger partial charge in [0.05, 0.1) is 6.61 Å². The lowest BCUT2D eigenvalue weighted by Gasteiger charge is -2.18. The molecule has 0 aliphatic carbocycles. The Hall–Kier alpha value is -2.92. The molecule has 0 bridgehead atoms. The smallest absolute Gasteiger partial charge is 0.306 e. The molecular weight excluding hydrogens is 861 g/mol.